The Morgan fingerprint density at radius 1 is 0.906 bits per heavy atom. The molecule has 0 spiro atoms. The molecular formula is C28H30N2O2. The van der Waals surface area contributed by atoms with Crippen molar-refractivity contribution in [1.29, 1.82) is 0 Å². The number of hydrogen-bond donors (Lipinski definition) is 0. The number of carbonyl (C=O) groups excluding carboxylic acids is 2. The van der Waals surface area contributed by atoms with Gasteiger partial charge < -0.3 is 9.80 Å². The van der Waals surface area contributed by atoms with Crippen LogP contribution in [-0.2, 0) is 4.79 Å². The molecule has 0 aliphatic carbocycles. The number of amides is 2. The van der Waals surface area contributed by atoms with Gasteiger partial charge in [-0.15, -0.1) is 0 Å². The fraction of sp³-hybridized carbons (Fsp3) is 0.286. The van der Waals surface area contributed by atoms with Crippen molar-refractivity contribution in [1.82, 2.24) is 0 Å². The van der Waals surface area contributed by atoms with Gasteiger partial charge in [-0.25, -0.2) is 0 Å². The lowest BCUT2D eigenvalue weighted by Crippen LogP contribution is -2.47. The van der Waals surface area contributed by atoms with Gasteiger partial charge >= 0.3 is 0 Å². The highest BCUT2D eigenvalue weighted by Crippen LogP contribution is 2.43. The lowest BCUT2D eigenvalue weighted by Gasteiger charge is -2.43. The van der Waals surface area contributed by atoms with Crippen LogP contribution in [0.5, 0.6) is 0 Å². The quantitative estimate of drug-likeness (QED) is 0.458. The van der Waals surface area contributed by atoms with Gasteiger partial charge in [0.2, 0.25) is 5.91 Å². The first-order chi connectivity index (χ1) is 15.6. The highest BCUT2D eigenvalue weighted by atomic mass is 16.2. The smallest absolute Gasteiger partial charge is 0.258 e. The van der Waals surface area contributed by atoms with Crippen molar-refractivity contribution in [3.05, 3.63) is 96.1 Å². The minimum absolute atomic E-state index is 0.00688. The van der Waals surface area contributed by atoms with Crippen molar-refractivity contribution in [2.45, 2.75) is 51.6 Å². The number of carbonyl (C=O) groups is 2. The fourth-order valence-electron chi connectivity index (χ4n) is 4.59. The Hall–Kier alpha value is -3.40. The summed E-state index contributed by atoms with van der Waals surface area (Å²) >= 11 is 0. The number of hydrogen-bond acceptors (Lipinski definition) is 2. The summed E-state index contributed by atoms with van der Waals surface area (Å²) in [6, 6.07) is 27.2. The molecule has 2 atom stereocenters. The second-order valence-electron chi connectivity index (χ2n) is 8.40. The van der Waals surface area contributed by atoms with Crippen LogP contribution in [0.4, 0.5) is 11.4 Å². The Bertz CT molecular complexity index is 1070. The maximum atomic E-state index is 13.4. The number of anilines is 2. The zero-order valence-corrected chi connectivity index (χ0v) is 18.8. The molecule has 4 nitrogen and oxygen atoms in total. The third-order valence-electron chi connectivity index (χ3n) is 6.16. The summed E-state index contributed by atoms with van der Waals surface area (Å²) in [5.41, 5.74) is 3.48. The van der Waals surface area contributed by atoms with E-state index in [-0.39, 0.29) is 23.9 Å². The second-order valence-corrected chi connectivity index (χ2v) is 8.40. The number of rotatable bonds is 6. The van der Waals surface area contributed by atoms with Crippen LogP contribution >= 0.6 is 0 Å². The normalized spacial score (nSPS) is 17.5. The lowest BCUT2D eigenvalue weighted by molar-refractivity contribution is -0.119. The third-order valence-corrected chi connectivity index (χ3v) is 6.16. The van der Waals surface area contributed by atoms with Gasteiger partial charge in [-0.1, -0.05) is 67.9 Å². The van der Waals surface area contributed by atoms with Crippen molar-refractivity contribution >= 4 is 23.2 Å². The molecule has 2 amide bonds. The van der Waals surface area contributed by atoms with Gasteiger partial charge in [-0.05, 0) is 55.7 Å². The van der Waals surface area contributed by atoms with Crippen LogP contribution in [0.2, 0.25) is 0 Å². The van der Waals surface area contributed by atoms with Crippen LogP contribution in [0, 0.1) is 0 Å². The summed E-state index contributed by atoms with van der Waals surface area (Å²) in [6.45, 7) is 4.18. The number of unbranched alkanes of at least 4 members (excludes halogenated alkanes) is 1. The average molecular weight is 427 g/mol. The van der Waals surface area contributed by atoms with Gasteiger partial charge in [0.05, 0.1) is 6.04 Å². The maximum absolute atomic E-state index is 13.4. The molecule has 0 unspecified atom stereocenters. The van der Waals surface area contributed by atoms with E-state index in [0.717, 1.165) is 29.8 Å². The summed E-state index contributed by atoms with van der Waals surface area (Å²) in [7, 11) is 0. The van der Waals surface area contributed by atoms with Crippen LogP contribution in [0.15, 0.2) is 84.9 Å². The van der Waals surface area contributed by atoms with Gasteiger partial charge in [-0.2, -0.15) is 0 Å². The Labute approximate surface area is 190 Å². The number of benzene rings is 3. The molecule has 0 radical (unpaired) electrons. The Balaban J connectivity index is 1.77. The molecule has 4 heteroatoms. The summed E-state index contributed by atoms with van der Waals surface area (Å²) < 4.78 is 0. The standard InChI is InChI=1S/C28H30N2O2/c1-3-4-19-27(31)30(23-15-9-6-10-16-23)26-20-21(2)29(25-18-12-11-17-24(25)26)28(32)22-13-7-5-8-14-22/h5-18,21,26H,3-4,19-20H2,1-2H3/t21-,26-/m0/s1. The van der Waals surface area contributed by atoms with Crippen molar-refractivity contribution in [3.8, 4) is 0 Å². The molecular weight excluding hydrogens is 396 g/mol. The predicted molar refractivity (Wildman–Crippen MR) is 130 cm³/mol. The number of nitrogens with zero attached hydrogens (tertiary/aromatic N) is 2. The van der Waals surface area contributed by atoms with Crippen LogP contribution < -0.4 is 9.80 Å². The monoisotopic (exact) mass is 426 g/mol. The molecule has 3 aromatic carbocycles. The van der Waals surface area contributed by atoms with Gasteiger partial charge in [-0.3, -0.25) is 9.59 Å². The molecule has 0 saturated heterocycles. The van der Waals surface area contributed by atoms with E-state index in [4.69, 9.17) is 0 Å². The molecule has 1 aliphatic heterocycles. The Morgan fingerprint density at radius 3 is 2.22 bits per heavy atom. The zero-order valence-electron chi connectivity index (χ0n) is 18.8. The minimum Gasteiger partial charge on any atom is -0.305 e. The van der Waals surface area contributed by atoms with Crippen molar-refractivity contribution < 1.29 is 9.59 Å². The highest BCUT2D eigenvalue weighted by molar-refractivity contribution is 6.07. The molecule has 1 heterocycles. The molecule has 0 fully saturated rings. The SMILES string of the molecule is CCCCC(=O)N(c1ccccc1)[C@H]1C[C@H](C)N(C(=O)c2ccccc2)c2ccccc21. The van der Waals surface area contributed by atoms with Gasteiger partial charge in [0.25, 0.3) is 5.91 Å². The van der Waals surface area contributed by atoms with E-state index in [9.17, 15) is 9.59 Å². The molecule has 0 N–H and O–H groups in total. The topological polar surface area (TPSA) is 40.6 Å². The first-order valence-electron chi connectivity index (χ1n) is 11.5. The molecule has 0 bridgehead atoms. The number of para-hydroxylation sites is 2. The van der Waals surface area contributed by atoms with E-state index in [1.54, 1.807) is 0 Å². The van der Waals surface area contributed by atoms with Crippen LogP contribution in [-0.4, -0.2) is 17.9 Å². The second kappa shape index (κ2) is 9.82. The van der Waals surface area contributed by atoms with Gasteiger partial charge in [0.1, 0.15) is 0 Å². The molecule has 164 valence electrons. The molecule has 4 rings (SSSR count). The zero-order chi connectivity index (χ0) is 22.5. The van der Waals surface area contributed by atoms with Crippen LogP contribution in [0.1, 0.15) is 61.5 Å². The fourth-order valence-corrected chi connectivity index (χ4v) is 4.59. The molecule has 0 saturated carbocycles. The highest BCUT2D eigenvalue weighted by Gasteiger charge is 2.38. The predicted octanol–water partition coefficient (Wildman–Crippen LogP) is 6.39. The van der Waals surface area contributed by atoms with Crippen LogP contribution in [0.25, 0.3) is 0 Å². The van der Waals surface area contributed by atoms with E-state index < -0.39 is 0 Å². The van der Waals surface area contributed by atoms with E-state index in [2.05, 4.69) is 19.9 Å². The maximum Gasteiger partial charge on any atom is 0.258 e. The summed E-state index contributed by atoms with van der Waals surface area (Å²) in [5.74, 6) is 0.125. The van der Waals surface area contributed by atoms with E-state index >= 15 is 0 Å². The minimum atomic E-state index is -0.118. The molecule has 3 aromatic rings. The van der Waals surface area contributed by atoms with E-state index in [0.29, 0.717) is 18.4 Å². The largest absolute Gasteiger partial charge is 0.305 e. The number of fused-ring (bicyclic) bond motifs is 1. The summed E-state index contributed by atoms with van der Waals surface area (Å²) in [5, 5.41) is 0. The van der Waals surface area contributed by atoms with Crippen molar-refractivity contribution in [3.63, 3.8) is 0 Å². The molecule has 1 aliphatic rings. The summed E-state index contributed by atoms with van der Waals surface area (Å²) in [6.07, 6.45) is 3.05. The van der Waals surface area contributed by atoms with E-state index in [1.807, 2.05) is 88.7 Å². The Kier molecular flexibility index (Phi) is 6.69. The summed E-state index contributed by atoms with van der Waals surface area (Å²) in [4.78, 5) is 30.7. The van der Waals surface area contributed by atoms with Crippen molar-refractivity contribution in [2.24, 2.45) is 0 Å². The van der Waals surface area contributed by atoms with Gasteiger partial charge in [0, 0.05) is 29.4 Å². The lowest BCUT2D eigenvalue weighted by atomic mass is 9.89. The Morgan fingerprint density at radius 2 is 1.53 bits per heavy atom. The van der Waals surface area contributed by atoms with Crippen molar-refractivity contribution in [2.75, 3.05) is 9.80 Å². The van der Waals surface area contributed by atoms with Crippen LogP contribution in [0.3, 0.4) is 0 Å². The molecule has 32 heavy (non-hydrogen) atoms. The third kappa shape index (κ3) is 4.31. The van der Waals surface area contributed by atoms with E-state index in [1.165, 1.54) is 0 Å². The average Bonchev–Trinajstić information content (AvgIpc) is 2.84. The first-order valence-corrected chi connectivity index (χ1v) is 11.5. The molecule has 0 aromatic heterocycles. The van der Waals surface area contributed by atoms with Gasteiger partial charge in [0.15, 0.2) is 0 Å². The first kappa shape index (κ1) is 21.8.